The van der Waals surface area contributed by atoms with Crippen molar-refractivity contribution in [2.24, 2.45) is 5.10 Å². The molecular formula is C14H21N3OS. The first-order chi connectivity index (χ1) is 9.13. The molecule has 104 valence electrons. The topological polar surface area (TPSA) is 45.6 Å². The van der Waals surface area contributed by atoms with Gasteiger partial charge in [-0.25, -0.2) is 0 Å². The van der Waals surface area contributed by atoms with E-state index in [1.54, 1.807) is 13.3 Å². The van der Waals surface area contributed by atoms with Crippen molar-refractivity contribution in [3.8, 4) is 0 Å². The molecule has 0 saturated heterocycles. The molecule has 1 rings (SSSR count). The molecule has 1 aromatic carbocycles. The van der Waals surface area contributed by atoms with E-state index in [9.17, 15) is 0 Å². The monoisotopic (exact) mass is 279 g/mol. The number of ether oxygens (including phenoxy) is 1. The zero-order valence-corrected chi connectivity index (χ0v) is 12.5. The van der Waals surface area contributed by atoms with E-state index in [4.69, 9.17) is 17.0 Å². The van der Waals surface area contributed by atoms with E-state index in [1.807, 2.05) is 12.1 Å². The summed E-state index contributed by atoms with van der Waals surface area (Å²) in [7, 11) is 1.65. The van der Waals surface area contributed by atoms with Crippen molar-refractivity contribution >= 4 is 23.5 Å². The Morgan fingerprint density at radius 1 is 1.37 bits per heavy atom. The normalized spacial score (nSPS) is 10.9. The van der Waals surface area contributed by atoms with Crippen molar-refractivity contribution in [2.75, 3.05) is 20.3 Å². The Kier molecular flexibility index (Phi) is 7.07. The average Bonchev–Trinajstić information content (AvgIpc) is 2.39. The molecule has 0 amide bonds. The lowest BCUT2D eigenvalue weighted by molar-refractivity contribution is 0.204. The second kappa shape index (κ2) is 8.61. The zero-order valence-electron chi connectivity index (χ0n) is 11.6. The van der Waals surface area contributed by atoms with Gasteiger partial charge in [0.2, 0.25) is 0 Å². The van der Waals surface area contributed by atoms with Crippen LogP contribution in [0.15, 0.2) is 29.4 Å². The SMILES string of the molecule is COCCNC(=S)N/N=C\c1ccc(C(C)C)cc1. The number of hydrogen-bond acceptors (Lipinski definition) is 3. The van der Waals surface area contributed by atoms with Gasteiger partial charge in [-0.1, -0.05) is 38.1 Å². The van der Waals surface area contributed by atoms with Crippen molar-refractivity contribution in [1.29, 1.82) is 0 Å². The third kappa shape index (κ3) is 6.31. The predicted octanol–water partition coefficient (Wildman–Crippen LogP) is 2.25. The molecule has 0 atom stereocenters. The van der Waals surface area contributed by atoms with Gasteiger partial charge in [0, 0.05) is 13.7 Å². The number of methoxy groups -OCH3 is 1. The van der Waals surface area contributed by atoms with Gasteiger partial charge in [-0.2, -0.15) is 5.10 Å². The van der Waals surface area contributed by atoms with Crippen LogP contribution in [0.2, 0.25) is 0 Å². The summed E-state index contributed by atoms with van der Waals surface area (Å²) in [5, 5.41) is 7.54. The number of nitrogens with one attached hydrogen (secondary N) is 2. The third-order valence-electron chi connectivity index (χ3n) is 2.57. The highest BCUT2D eigenvalue weighted by Crippen LogP contribution is 2.13. The van der Waals surface area contributed by atoms with Crippen LogP contribution in [-0.4, -0.2) is 31.6 Å². The molecule has 0 fully saturated rings. The summed E-state index contributed by atoms with van der Waals surface area (Å²) in [6, 6.07) is 8.31. The number of benzene rings is 1. The average molecular weight is 279 g/mol. The molecule has 0 bridgehead atoms. The van der Waals surface area contributed by atoms with Gasteiger partial charge in [-0.3, -0.25) is 5.43 Å². The third-order valence-corrected chi connectivity index (χ3v) is 2.81. The minimum Gasteiger partial charge on any atom is -0.383 e. The Morgan fingerprint density at radius 2 is 2.05 bits per heavy atom. The Morgan fingerprint density at radius 3 is 2.63 bits per heavy atom. The Bertz CT molecular complexity index is 415. The number of hydrazone groups is 1. The van der Waals surface area contributed by atoms with Crippen molar-refractivity contribution in [3.05, 3.63) is 35.4 Å². The van der Waals surface area contributed by atoms with Crippen molar-refractivity contribution < 1.29 is 4.74 Å². The standard InChI is InChI=1S/C14H21N3OS/c1-11(2)13-6-4-12(5-7-13)10-16-17-14(19)15-8-9-18-3/h4-7,10-11H,8-9H2,1-3H3,(H2,15,17,19)/b16-10-. The molecule has 0 heterocycles. The van der Waals surface area contributed by atoms with E-state index < -0.39 is 0 Å². The van der Waals surface area contributed by atoms with E-state index >= 15 is 0 Å². The Labute approximate surface area is 120 Å². The van der Waals surface area contributed by atoms with E-state index in [1.165, 1.54) is 5.56 Å². The molecule has 0 spiro atoms. The van der Waals surface area contributed by atoms with Gasteiger partial charge in [-0.05, 0) is 29.3 Å². The lowest BCUT2D eigenvalue weighted by Gasteiger charge is -2.06. The molecule has 4 nitrogen and oxygen atoms in total. The van der Waals surface area contributed by atoms with Crippen LogP contribution in [0.5, 0.6) is 0 Å². The van der Waals surface area contributed by atoms with Crippen LogP contribution in [0, 0.1) is 0 Å². The number of rotatable bonds is 6. The molecule has 0 aromatic heterocycles. The van der Waals surface area contributed by atoms with Crippen LogP contribution in [0.25, 0.3) is 0 Å². The van der Waals surface area contributed by atoms with Crippen LogP contribution in [0.1, 0.15) is 30.9 Å². The largest absolute Gasteiger partial charge is 0.383 e. The van der Waals surface area contributed by atoms with Crippen molar-refractivity contribution in [3.63, 3.8) is 0 Å². The summed E-state index contributed by atoms with van der Waals surface area (Å²) >= 11 is 5.05. The summed E-state index contributed by atoms with van der Waals surface area (Å²) in [5.41, 5.74) is 5.12. The molecule has 19 heavy (non-hydrogen) atoms. The summed E-state index contributed by atoms with van der Waals surface area (Å²) in [6.45, 7) is 5.63. The van der Waals surface area contributed by atoms with E-state index in [0.717, 1.165) is 5.56 Å². The lowest BCUT2D eigenvalue weighted by atomic mass is 10.0. The fraction of sp³-hybridized carbons (Fsp3) is 0.429. The first-order valence-corrected chi connectivity index (χ1v) is 6.70. The van der Waals surface area contributed by atoms with Gasteiger partial charge in [0.15, 0.2) is 5.11 Å². The Hall–Kier alpha value is -1.46. The van der Waals surface area contributed by atoms with E-state index in [-0.39, 0.29) is 0 Å². The van der Waals surface area contributed by atoms with Crippen molar-refractivity contribution in [2.45, 2.75) is 19.8 Å². The molecule has 5 heteroatoms. The maximum absolute atomic E-state index is 5.05. The Balaban J connectivity index is 2.37. The molecule has 0 radical (unpaired) electrons. The fourth-order valence-electron chi connectivity index (χ4n) is 1.44. The van der Waals surface area contributed by atoms with Gasteiger partial charge in [-0.15, -0.1) is 0 Å². The maximum atomic E-state index is 5.05. The minimum absolute atomic E-state index is 0.493. The molecule has 0 aliphatic rings. The van der Waals surface area contributed by atoms with Crippen LogP contribution >= 0.6 is 12.2 Å². The van der Waals surface area contributed by atoms with E-state index in [0.29, 0.717) is 24.2 Å². The fourth-order valence-corrected chi connectivity index (χ4v) is 1.59. The molecule has 0 unspecified atom stereocenters. The second-order valence-electron chi connectivity index (χ2n) is 4.44. The predicted molar refractivity (Wildman–Crippen MR) is 83.7 cm³/mol. The summed E-state index contributed by atoms with van der Waals surface area (Å²) in [5.74, 6) is 0.543. The van der Waals surface area contributed by atoms with Crippen LogP contribution < -0.4 is 10.7 Å². The minimum atomic E-state index is 0.493. The highest BCUT2D eigenvalue weighted by molar-refractivity contribution is 7.80. The molecule has 0 saturated carbocycles. The molecule has 0 aliphatic carbocycles. The molecule has 2 N–H and O–H groups in total. The van der Waals surface area contributed by atoms with Crippen LogP contribution in [-0.2, 0) is 4.74 Å². The molecule has 0 aliphatic heterocycles. The van der Waals surface area contributed by atoms with Gasteiger partial charge < -0.3 is 10.1 Å². The zero-order chi connectivity index (χ0) is 14.1. The highest BCUT2D eigenvalue weighted by atomic mass is 32.1. The van der Waals surface area contributed by atoms with Gasteiger partial charge in [0.1, 0.15) is 0 Å². The lowest BCUT2D eigenvalue weighted by Crippen LogP contribution is -2.34. The summed E-state index contributed by atoms with van der Waals surface area (Å²) in [6.07, 6.45) is 1.74. The number of nitrogens with zero attached hydrogens (tertiary/aromatic N) is 1. The maximum Gasteiger partial charge on any atom is 0.187 e. The first-order valence-electron chi connectivity index (χ1n) is 6.29. The molecule has 1 aromatic rings. The van der Waals surface area contributed by atoms with Crippen LogP contribution in [0.4, 0.5) is 0 Å². The molecular weight excluding hydrogens is 258 g/mol. The smallest absolute Gasteiger partial charge is 0.187 e. The number of hydrogen-bond donors (Lipinski definition) is 2. The highest BCUT2D eigenvalue weighted by Gasteiger charge is 1.97. The van der Waals surface area contributed by atoms with E-state index in [2.05, 4.69) is 41.8 Å². The van der Waals surface area contributed by atoms with Crippen LogP contribution in [0.3, 0.4) is 0 Å². The first kappa shape index (κ1) is 15.6. The van der Waals surface area contributed by atoms with Gasteiger partial charge >= 0.3 is 0 Å². The van der Waals surface area contributed by atoms with Crippen molar-refractivity contribution in [1.82, 2.24) is 10.7 Å². The number of thiocarbonyl (C=S) groups is 1. The van der Waals surface area contributed by atoms with Gasteiger partial charge in [0.25, 0.3) is 0 Å². The summed E-state index contributed by atoms with van der Waals surface area (Å²) < 4.78 is 4.91. The second-order valence-corrected chi connectivity index (χ2v) is 4.85. The van der Waals surface area contributed by atoms with Gasteiger partial charge in [0.05, 0.1) is 12.8 Å². The summed E-state index contributed by atoms with van der Waals surface area (Å²) in [4.78, 5) is 0. The quantitative estimate of drug-likeness (QED) is 0.363.